The van der Waals surface area contributed by atoms with Gasteiger partial charge in [0.15, 0.2) is 0 Å². The third-order valence-corrected chi connectivity index (χ3v) is 5.61. The van der Waals surface area contributed by atoms with Gasteiger partial charge in [-0.25, -0.2) is 4.39 Å². The lowest BCUT2D eigenvalue weighted by Crippen LogP contribution is -2.39. The summed E-state index contributed by atoms with van der Waals surface area (Å²) in [5, 5.41) is 9.86. The van der Waals surface area contributed by atoms with Crippen molar-refractivity contribution in [1.29, 1.82) is 0 Å². The monoisotopic (exact) mass is 293 g/mol. The van der Waals surface area contributed by atoms with E-state index in [-0.39, 0.29) is 17.8 Å². The molecule has 0 radical (unpaired) electrons. The number of hydrogen-bond donors (Lipinski definition) is 1. The van der Waals surface area contributed by atoms with Crippen LogP contribution in [0.3, 0.4) is 0 Å². The summed E-state index contributed by atoms with van der Waals surface area (Å²) in [7, 11) is 1.58. The summed E-state index contributed by atoms with van der Waals surface area (Å²) < 4.78 is 18.6. The average Bonchev–Trinajstić information content (AvgIpc) is 3.04. The molecule has 0 amide bonds. The van der Waals surface area contributed by atoms with E-state index >= 15 is 0 Å². The van der Waals surface area contributed by atoms with Gasteiger partial charge in [-0.15, -0.1) is 0 Å². The first-order valence-electron chi connectivity index (χ1n) is 7.82. The number of rotatable bonds is 5. The minimum Gasteiger partial charge on any atom is -0.496 e. The predicted molar refractivity (Wildman–Crippen MR) is 79.7 cm³/mol. The second kappa shape index (κ2) is 5.58. The van der Waals surface area contributed by atoms with Crippen LogP contribution < -0.4 is 4.74 Å². The molecule has 1 aromatic carbocycles. The van der Waals surface area contributed by atoms with Crippen molar-refractivity contribution < 1.29 is 14.2 Å². The fourth-order valence-corrected chi connectivity index (χ4v) is 4.37. The van der Waals surface area contributed by atoms with Crippen LogP contribution in [0, 0.1) is 11.2 Å². The quantitative estimate of drug-likeness (QED) is 0.906. The Kier molecular flexibility index (Phi) is 3.93. The highest BCUT2D eigenvalue weighted by molar-refractivity contribution is 5.34. The van der Waals surface area contributed by atoms with Gasteiger partial charge in [0.1, 0.15) is 11.6 Å². The Bertz CT molecular complexity index is 516. The van der Waals surface area contributed by atoms with Gasteiger partial charge in [0.2, 0.25) is 0 Å². The van der Waals surface area contributed by atoms with E-state index in [0.29, 0.717) is 17.8 Å². The maximum Gasteiger partial charge on any atom is 0.126 e. The van der Waals surface area contributed by atoms with Crippen LogP contribution in [-0.2, 0) is 6.54 Å². The molecule has 116 valence electrons. The number of halogens is 1. The van der Waals surface area contributed by atoms with Gasteiger partial charge in [-0.2, -0.15) is 0 Å². The molecule has 2 bridgehead atoms. The minimum atomic E-state index is -0.266. The van der Waals surface area contributed by atoms with Crippen molar-refractivity contribution in [2.75, 3.05) is 13.7 Å². The zero-order valence-corrected chi connectivity index (χ0v) is 12.8. The SMILES string of the molecule is CC[C@@]1(CO)C[C@@H]2CC[C@H]1N2Cc1ccc(F)cc1OC. The molecule has 2 aliphatic rings. The molecule has 0 aliphatic carbocycles. The Labute approximate surface area is 125 Å². The lowest BCUT2D eigenvalue weighted by molar-refractivity contribution is 0.0712. The third-order valence-electron chi connectivity index (χ3n) is 5.61. The molecule has 3 atom stereocenters. The predicted octanol–water partition coefficient (Wildman–Crippen LogP) is 2.96. The number of ether oxygens (including phenoxy) is 1. The molecule has 2 heterocycles. The lowest BCUT2D eigenvalue weighted by atomic mass is 9.72. The molecule has 21 heavy (non-hydrogen) atoms. The van der Waals surface area contributed by atoms with Crippen LogP contribution in [0.2, 0.25) is 0 Å². The molecule has 2 aliphatic heterocycles. The maximum atomic E-state index is 13.3. The van der Waals surface area contributed by atoms with E-state index in [2.05, 4.69) is 11.8 Å². The Morgan fingerprint density at radius 1 is 1.43 bits per heavy atom. The Morgan fingerprint density at radius 2 is 2.24 bits per heavy atom. The van der Waals surface area contributed by atoms with Crippen molar-refractivity contribution in [3.05, 3.63) is 29.6 Å². The van der Waals surface area contributed by atoms with Gasteiger partial charge in [-0.1, -0.05) is 13.0 Å². The maximum absolute atomic E-state index is 13.3. The van der Waals surface area contributed by atoms with E-state index in [1.54, 1.807) is 7.11 Å². The minimum absolute atomic E-state index is 0.0518. The normalized spacial score (nSPS) is 31.8. The molecule has 0 unspecified atom stereocenters. The Balaban J connectivity index is 1.83. The molecule has 3 rings (SSSR count). The number of aliphatic hydroxyl groups is 1. The molecule has 4 heteroatoms. The van der Waals surface area contributed by atoms with E-state index in [9.17, 15) is 9.50 Å². The van der Waals surface area contributed by atoms with Gasteiger partial charge < -0.3 is 9.84 Å². The summed E-state index contributed by atoms with van der Waals surface area (Å²) in [6, 6.07) is 5.74. The number of benzene rings is 1. The number of fused-ring (bicyclic) bond motifs is 2. The lowest BCUT2D eigenvalue weighted by Gasteiger charge is -2.35. The number of aliphatic hydroxyl groups excluding tert-OH is 1. The summed E-state index contributed by atoms with van der Waals surface area (Å²) >= 11 is 0. The smallest absolute Gasteiger partial charge is 0.126 e. The van der Waals surface area contributed by atoms with Crippen LogP contribution in [0.25, 0.3) is 0 Å². The molecular formula is C17H24FNO2. The largest absolute Gasteiger partial charge is 0.496 e. The van der Waals surface area contributed by atoms with Crippen LogP contribution in [0.15, 0.2) is 18.2 Å². The van der Waals surface area contributed by atoms with Crippen molar-refractivity contribution >= 4 is 0 Å². The van der Waals surface area contributed by atoms with E-state index in [0.717, 1.165) is 31.4 Å². The van der Waals surface area contributed by atoms with Crippen molar-refractivity contribution in [3.63, 3.8) is 0 Å². The van der Waals surface area contributed by atoms with Crippen LogP contribution in [0.4, 0.5) is 4.39 Å². The van der Waals surface area contributed by atoms with E-state index in [1.165, 1.54) is 18.6 Å². The van der Waals surface area contributed by atoms with Crippen molar-refractivity contribution in [1.82, 2.24) is 4.90 Å². The topological polar surface area (TPSA) is 32.7 Å². The number of hydrogen-bond acceptors (Lipinski definition) is 3. The summed E-state index contributed by atoms with van der Waals surface area (Å²) in [6.07, 6.45) is 4.45. The highest BCUT2D eigenvalue weighted by atomic mass is 19.1. The second-order valence-electron chi connectivity index (χ2n) is 6.45. The number of nitrogens with zero attached hydrogens (tertiary/aromatic N) is 1. The highest BCUT2D eigenvalue weighted by Crippen LogP contribution is 2.52. The second-order valence-corrected chi connectivity index (χ2v) is 6.45. The molecule has 3 nitrogen and oxygen atoms in total. The van der Waals surface area contributed by atoms with Crippen LogP contribution in [-0.4, -0.2) is 35.8 Å². The molecule has 1 N–H and O–H groups in total. The molecule has 2 fully saturated rings. The Hall–Kier alpha value is -1.13. The highest BCUT2D eigenvalue weighted by Gasteiger charge is 2.54. The molecule has 2 saturated heterocycles. The van der Waals surface area contributed by atoms with Gasteiger partial charge in [-0.05, 0) is 31.7 Å². The van der Waals surface area contributed by atoms with Gasteiger partial charge in [0, 0.05) is 35.7 Å². The first-order valence-corrected chi connectivity index (χ1v) is 7.82. The van der Waals surface area contributed by atoms with Gasteiger partial charge >= 0.3 is 0 Å². The van der Waals surface area contributed by atoms with Crippen LogP contribution in [0.1, 0.15) is 38.2 Å². The molecule has 0 spiro atoms. The van der Waals surface area contributed by atoms with E-state index < -0.39 is 0 Å². The van der Waals surface area contributed by atoms with Crippen LogP contribution >= 0.6 is 0 Å². The fourth-order valence-electron chi connectivity index (χ4n) is 4.37. The first-order chi connectivity index (χ1) is 10.1. The standard InChI is InChI=1S/C17H24FNO2/c1-3-17(11-20)9-14-6-7-16(17)19(14)10-12-4-5-13(18)8-15(12)21-2/h4-5,8,14,16,20H,3,6-7,9-11H2,1-2H3/t14-,16+,17-/m0/s1. The molecule has 0 aromatic heterocycles. The van der Waals surface area contributed by atoms with E-state index in [4.69, 9.17) is 4.74 Å². The van der Waals surface area contributed by atoms with Gasteiger partial charge in [-0.3, -0.25) is 4.90 Å². The molecule has 1 aromatic rings. The zero-order valence-electron chi connectivity index (χ0n) is 12.8. The summed E-state index contributed by atoms with van der Waals surface area (Å²) in [4.78, 5) is 2.50. The summed E-state index contributed by atoms with van der Waals surface area (Å²) in [5.74, 6) is 0.352. The Morgan fingerprint density at radius 3 is 2.86 bits per heavy atom. The van der Waals surface area contributed by atoms with Gasteiger partial charge in [0.05, 0.1) is 13.7 Å². The summed E-state index contributed by atoms with van der Waals surface area (Å²) in [6.45, 7) is 3.22. The molecule has 0 saturated carbocycles. The average molecular weight is 293 g/mol. The number of methoxy groups -OCH3 is 1. The van der Waals surface area contributed by atoms with Crippen LogP contribution in [0.5, 0.6) is 5.75 Å². The van der Waals surface area contributed by atoms with Gasteiger partial charge in [0.25, 0.3) is 0 Å². The van der Waals surface area contributed by atoms with E-state index in [1.807, 2.05) is 6.07 Å². The molecular weight excluding hydrogens is 269 g/mol. The third kappa shape index (κ3) is 2.34. The van der Waals surface area contributed by atoms with Crippen molar-refractivity contribution in [3.8, 4) is 5.75 Å². The van der Waals surface area contributed by atoms with Crippen molar-refractivity contribution in [2.45, 2.75) is 51.2 Å². The first kappa shape index (κ1) is 14.8. The zero-order chi connectivity index (χ0) is 15.0. The summed E-state index contributed by atoms with van der Waals surface area (Å²) in [5.41, 5.74) is 1.08. The fraction of sp³-hybridized carbons (Fsp3) is 0.647. The van der Waals surface area contributed by atoms with Crippen molar-refractivity contribution in [2.24, 2.45) is 5.41 Å².